The molecule has 0 N–H and O–H groups in total. The summed E-state index contributed by atoms with van der Waals surface area (Å²) in [7, 11) is -3.49. The molecule has 15 heavy (non-hydrogen) atoms. The number of hydrogen-bond donors (Lipinski definition) is 0. The third-order valence-electron chi connectivity index (χ3n) is 1.88. The summed E-state index contributed by atoms with van der Waals surface area (Å²) in [6, 6.07) is 8.05. The molecule has 3 nitrogen and oxygen atoms in total. The van der Waals surface area contributed by atoms with Crippen LogP contribution in [0.15, 0.2) is 46.2 Å². The van der Waals surface area contributed by atoms with Crippen LogP contribution in [0.4, 0.5) is 0 Å². The number of carbonyl (C=O) groups excluding carboxylic acids is 1. The van der Waals surface area contributed by atoms with Gasteiger partial charge in [-0.25, -0.2) is 8.42 Å². The summed E-state index contributed by atoms with van der Waals surface area (Å²) < 4.78 is 23.7. The molecule has 1 rings (SSSR count). The van der Waals surface area contributed by atoms with E-state index in [9.17, 15) is 13.2 Å². The van der Waals surface area contributed by atoms with Crippen molar-refractivity contribution < 1.29 is 13.2 Å². The average molecular weight is 224 g/mol. The van der Waals surface area contributed by atoms with E-state index in [-0.39, 0.29) is 15.6 Å². The van der Waals surface area contributed by atoms with E-state index in [0.717, 1.165) is 6.08 Å². The molecule has 0 spiro atoms. The van der Waals surface area contributed by atoms with Crippen LogP contribution in [0, 0.1) is 0 Å². The zero-order valence-electron chi connectivity index (χ0n) is 8.60. The Morgan fingerprint density at radius 3 is 2.13 bits per heavy atom. The van der Waals surface area contributed by atoms with Crippen LogP contribution < -0.4 is 0 Å². The number of allylic oxidation sites excluding steroid dienone is 2. The maximum absolute atomic E-state index is 11.8. The van der Waals surface area contributed by atoms with Crippen molar-refractivity contribution in [1.29, 1.82) is 0 Å². The van der Waals surface area contributed by atoms with E-state index in [4.69, 9.17) is 0 Å². The molecule has 4 heteroatoms. The standard InChI is InChI=1S/C11H12O3S/c1-9(12)8-10(2)15(13,14)11-6-4-3-5-7-11/h3-8H,1-2H3/b10-8-. The van der Waals surface area contributed by atoms with Crippen molar-refractivity contribution in [2.75, 3.05) is 0 Å². The number of hydrogen-bond acceptors (Lipinski definition) is 3. The van der Waals surface area contributed by atoms with Crippen LogP contribution in [0.2, 0.25) is 0 Å². The normalized spacial score (nSPS) is 12.5. The molecule has 80 valence electrons. The van der Waals surface area contributed by atoms with Crippen LogP contribution in [-0.4, -0.2) is 14.2 Å². The Bertz CT molecular complexity index is 484. The van der Waals surface area contributed by atoms with E-state index in [1.807, 2.05) is 0 Å². The molecule has 0 aliphatic carbocycles. The molecule has 1 aromatic carbocycles. The molecule has 0 saturated carbocycles. The third kappa shape index (κ3) is 2.76. The summed E-state index contributed by atoms with van der Waals surface area (Å²) in [5.74, 6) is -0.271. The number of benzene rings is 1. The predicted octanol–water partition coefficient (Wildman–Crippen LogP) is 1.95. The second kappa shape index (κ2) is 4.40. The molecule has 0 saturated heterocycles. The number of ketones is 1. The van der Waals surface area contributed by atoms with Gasteiger partial charge in [-0.3, -0.25) is 4.79 Å². The van der Waals surface area contributed by atoms with Gasteiger partial charge < -0.3 is 0 Å². The minimum Gasteiger partial charge on any atom is -0.295 e. The minimum absolute atomic E-state index is 0.0706. The minimum atomic E-state index is -3.49. The van der Waals surface area contributed by atoms with Gasteiger partial charge in [-0.05, 0) is 32.1 Å². The van der Waals surface area contributed by atoms with Gasteiger partial charge in [0.1, 0.15) is 0 Å². The summed E-state index contributed by atoms with van der Waals surface area (Å²) in [5, 5.41) is 0. The van der Waals surface area contributed by atoms with Crippen LogP contribution in [0.25, 0.3) is 0 Å². The highest BCUT2D eigenvalue weighted by molar-refractivity contribution is 7.95. The molecule has 1 aromatic rings. The Hall–Kier alpha value is -1.42. The highest BCUT2D eigenvalue weighted by Crippen LogP contribution is 2.17. The fraction of sp³-hybridized carbons (Fsp3) is 0.182. The molecule has 0 atom stereocenters. The van der Waals surface area contributed by atoms with Gasteiger partial charge in [0.15, 0.2) is 5.78 Å². The first-order chi connectivity index (χ1) is 6.94. The van der Waals surface area contributed by atoms with Crippen molar-refractivity contribution in [2.24, 2.45) is 0 Å². The zero-order chi connectivity index (χ0) is 11.5. The second-order valence-electron chi connectivity index (χ2n) is 3.18. The molecule has 0 aliphatic rings. The Morgan fingerprint density at radius 1 is 1.13 bits per heavy atom. The van der Waals surface area contributed by atoms with E-state index in [1.54, 1.807) is 18.2 Å². The maximum atomic E-state index is 11.8. The maximum Gasteiger partial charge on any atom is 0.202 e. The average Bonchev–Trinajstić information content (AvgIpc) is 2.18. The number of carbonyl (C=O) groups is 1. The van der Waals surface area contributed by atoms with Crippen molar-refractivity contribution in [3.05, 3.63) is 41.3 Å². The van der Waals surface area contributed by atoms with Crippen molar-refractivity contribution in [1.82, 2.24) is 0 Å². The molecular formula is C11H12O3S. The topological polar surface area (TPSA) is 51.2 Å². The molecular weight excluding hydrogens is 212 g/mol. The summed E-state index contributed by atoms with van der Waals surface area (Å²) in [6.45, 7) is 2.74. The largest absolute Gasteiger partial charge is 0.295 e. The Morgan fingerprint density at radius 2 is 1.67 bits per heavy atom. The van der Waals surface area contributed by atoms with Gasteiger partial charge in [-0.1, -0.05) is 18.2 Å². The molecule has 0 unspecified atom stereocenters. The summed E-state index contributed by atoms with van der Waals surface area (Å²) in [5.41, 5.74) is 0. The van der Waals surface area contributed by atoms with Gasteiger partial charge in [-0.2, -0.15) is 0 Å². The van der Waals surface area contributed by atoms with Crippen molar-refractivity contribution in [3.8, 4) is 0 Å². The predicted molar refractivity (Wildman–Crippen MR) is 58.1 cm³/mol. The van der Waals surface area contributed by atoms with Gasteiger partial charge in [0.2, 0.25) is 9.84 Å². The molecule has 0 heterocycles. The second-order valence-corrected chi connectivity index (χ2v) is 5.30. The first-order valence-corrected chi connectivity index (χ1v) is 5.92. The van der Waals surface area contributed by atoms with Crippen LogP contribution in [0.1, 0.15) is 13.8 Å². The quantitative estimate of drug-likeness (QED) is 0.737. The first kappa shape index (κ1) is 11.7. The van der Waals surface area contributed by atoms with Crippen LogP contribution >= 0.6 is 0 Å². The molecule has 0 aliphatic heterocycles. The fourth-order valence-corrected chi connectivity index (χ4v) is 2.36. The monoisotopic (exact) mass is 224 g/mol. The lowest BCUT2D eigenvalue weighted by Gasteiger charge is -2.03. The lowest BCUT2D eigenvalue weighted by molar-refractivity contribution is -0.112. The summed E-state index contributed by atoms with van der Waals surface area (Å²) in [4.78, 5) is 11.1. The summed E-state index contributed by atoms with van der Waals surface area (Å²) in [6.07, 6.45) is 1.13. The van der Waals surface area contributed by atoms with E-state index in [2.05, 4.69) is 0 Å². The van der Waals surface area contributed by atoms with E-state index < -0.39 is 9.84 Å². The van der Waals surface area contributed by atoms with Crippen LogP contribution in [0.5, 0.6) is 0 Å². The lowest BCUT2D eigenvalue weighted by atomic mass is 10.4. The lowest BCUT2D eigenvalue weighted by Crippen LogP contribution is -2.03. The zero-order valence-corrected chi connectivity index (χ0v) is 9.41. The van der Waals surface area contributed by atoms with Crippen molar-refractivity contribution in [3.63, 3.8) is 0 Å². The third-order valence-corrected chi connectivity index (χ3v) is 3.74. The van der Waals surface area contributed by atoms with Crippen molar-refractivity contribution >= 4 is 15.6 Å². The Kier molecular flexibility index (Phi) is 3.42. The molecule has 0 bridgehead atoms. The fourth-order valence-electron chi connectivity index (χ4n) is 1.15. The SMILES string of the molecule is CC(=O)/C=C(/C)S(=O)(=O)c1ccccc1. The molecule has 0 aromatic heterocycles. The molecule has 0 amide bonds. The van der Waals surface area contributed by atoms with Gasteiger partial charge in [0.25, 0.3) is 0 Å². The number of rotatable bonds is 3. The number of sulfone groups is 1. The first-order valence-electron chi connectivity index (χ1n) is 4.43. The molecule has 0 fully saturated rings. The van der Waals surface area contributed by atoms with Gasteiger partial charge in [0.05, 0.1) is 4.90 Å². The van der Waals surface area contributed by atoms with E-state index in [1.165, 1.54) is 26.0 Å². The van der Waals surface area contributed by atoms with Crippen LogP contribution in [0.3, 0.4) is 0 Å². The van der Waals surface area contributed by atoms with Crippen LogP contribution in [-0.2, 0) is 14.6 Å². The van der Waals surface area contributed by atoms with Crippen molar-refractivity contribution in [2.45, 2.75) is 18.7 Å². The summed E-state index contributed by atoms with van der Waals surface area (Å²) >= 11 is 0. The highest BCUT2D eigenvalue weighted by Gasteiger charge is 2.16. The Balaban J connectivity index is 3.21. The van der Waals surface area contributed by atoms with Gasteiger partial charge in [0, 0.05) is 4.91 Å². The van der Waals surface area contributed by atoms with Gasteiger partial charge in [-0.15, -0.1) is 0 Å². The Labute approximate surface area is 89.4 Å². The smallest absolute Gasteiger partial charge is 0.202 e. The van der Waals surface area contributed by atoms with E-state index in [0.29, 0.717) is 0 Å². The van der Waals surface area contributed by atoms with Gasteiger partial charge >= 0.3 is 0 Å². The van der Waals surface area contributed by atoms with E-state index >= 15 is 0 Å². The highest BCUT2D eigenvalue weighted by atomic mass is 32.2. The molecule has 0 radical (unpaired) electrons.